The van der Waals surface area contributed by atoms with Crippen LogP contribution in [0.15, 0.2) is 41.0 Å². The van der Waals surface area contributed by atoms with E-state index in [-0.39, 0.29) is 5.91 Å². The van der Waals surface area contributed by atoms with Crippen molar-refractivity contribution in [3.63, 3.8) is 0 Å². The second-order valence-electron chi connectivity index (χ2n) is 6.41. The maximum Gasteiger partial charge on any atom is 0.251 e. The first-order valence-electron chi connectivity index (χ1n) is 8.90. The smallest absolute Gasteiger partial charge is 0.251 e. The number of carbonyl (C=O) groups is 1. The van der Waals surface area contributed by atoms with Crippen molar-refractivity contribution in [3.8, 4) is 0 Å². The van der Waals surface area contributed by atoms with Crippen LogP contribution in [-0.2, 0) is 0 Å². The fraction of sp³-hybridized carbons (Fsp3) is 0.316. The topological polar surface area (TPSA) is 92.1 Å². The Morgan fingerprint density at radius 2 is 2.00 bits per heavy atom. The lowest BCUT2D eigenvalue weighted by Gasteiger charge is -2.09. The van der Waals surface area contributed by atoms with E-state index in [4.69, 9.17) is 4.42 Å². The molecule has 2 aromatic heterocycles. The van der Waals surface area contributed by atoms with Crippen LogP contribution in [0.3, 0.4) is 0 Å². The number of carbonyl (C=O) groups excluding carboxylic acids is 1. The third-order valence-corrected chi connectivity index (χ3v) is 4.16. The lowest BCUT2D eigenvalue weighted by molar-refractivity contribution is 0.0953. The van der Waals surface area contributed by atoms with Crippen molar-refractivity contribution in [1.82, 2.24) is 15.3 Å². The summed E-state index contributed by atoms with van der Waals surface area (Å²) < 4.78 is 5.50. The Balaban J connectivity index is 1.52. The highest BCUT2D eigenvalue weighted by molar-refractivity contribution is 5.94. The molecule has 1 saturated carbocycles. The van der Waals surface area contributed by atoms with Crippen LogP contribution in [0.5, 0.6) is 0 Å². The normalized spacial score (nSPS) is 13.6. The van der Waals surface area contributed by atoms with Gasteiger partial charge in [-0.05, 0) is 43.5 Å². The summed E-state index contributed by atoms with van der Waals surface area (Å²) >= 11 is 0. The number of aromatic nitrogens is 2. The number of nitrogens with zero attached hydrogens (tertiary/aromatic N) is 2. The molecular formula is C19H21N5O2. The predicted molar refractivity (Wildman–Crippen MR) is 101 cm³/mol. The van der Waals surface area contributed by atoms with Crippen LogP contribution in [0.2, 0.25) is 0 Å². The van der Waals surface area contributed by atoms with Crippen LogP contribution in [0.1, 0.15) is 36.5 Å². The molecule has 3 N–H and O–H groups in total. The Bertz CT molecular complexity index is 915. The summed E-state index contributed by atoms with van der Waals surface area (Å²) in [5, 5.41) is 9.43. The highest BCUT2D eigenvalue weighted by Crippen LogP contribution is 2.29. The zero-order valence-corrected chi connectivity index (χ0v) is 14.6. The molecule has 0 aliphatic heterocycles. The standard InChI is InChI=1S/C19H21N5O2/c1-2-10-20-18(25)12-3-5-14(6-4-12)22-19-23-15-9-11-26-16(15)17(24-19)21-13-7-8-13/h3-6,9,11,13H,2,7-8,10H2,1H3,(H,20,25)(H2,21,22,23,24). The molecule has 26 heavy (non-hydrogen) atoms. The molecular weight excluding hydrogens is 330 g/mol. The molecule has 0 radical (unpaired) electrons. The van der Waals surface area contributed by atoms with E-state index in [9.17, 15) is 4.79 Å². The van der Waals surface area contributed by atoms with E-state index < -0.39 is 0 Å². The van der Waals surface area contributed by atoms with E-state index in [1.807, 2.05) is 25.1 Å². The quantitative estimate of drug-likeness (QED) is 0.601. The monoisotopic (exact) mass is 351 g/mol. The van der Waals surface area contributed by atoms with E-state index >= 15 is 0 Å². The predicted octanol–water partition coefficient (Wildman–Crippen LogP) is 3.68. The highest BCUT2D eigenvalue weighted by atomic mass is 16.3. The van der Waals surface area contributed by atoms with Gasteiger partial charge in [-0.1, -0.05) is 6.92 Å². The summed E-state index contributed by atoms with van der Waals surface area (Å²) in [6, 6.07) is 9.55. The van der Waals surface area contributed by atoms with Gasteiger partial charge in [-0.3, -0.25) is 4.79 Å². The van der Waals surface area contributed by atoms with Crippen LogP contribution in [-0.4, -0.2) is 28.5 Å². The summed E-state index contributed by atoms with van der Waals surface area (Å²) in [4.78, 5) is 21.0. The van der Waals surface area contributed by atoms with Crippen molar-refractivity contribution in [2.45, 2.75) is 32.2 Å². The average Bonchev–Trinajstić information content (AvgIpc) is 3.34. The molecule has 0 unspecified atom stereocenters. The minimum Gasteiger partial charge on any atom is -0.459 e. The van der Waals surface area contributed by atoms with E-state index in [0.29, 0.717) is 35.5 Å². The summed E-state index contributed by atoms with van der Waals surface area (Å²) in [5.41, 5.74) is 2.87. The molecule has 4 rings (SSSR count). The summed E-state index contributed by atoms with van der Waals surface area (Å²) in [7, 11) is 0. The number of hydrogen-bond donors (Lipinski definition) is 3. The molecule has 1 aromatic carbocycles. The third-order valence-electron chi connectivity index (χ3n) is 4.16. The van der Waals surface area contributed by atoms with Crippen LogP contribution < -0.4 is 16.0 Å². The van der Waals surface area contributed by atoms with Crippen LogP contribution in [0.4, 0.5) is 17.5 Å². The zero-order chi connectivity index (χ0) is 17.9. The number of amides is 1. The summed E-state index contributed by atoms with van der Waals surface area (Å²) in [6.45, 7) is 2.70. The first kappa shape index (κ1) is 16.4. The number of benzene rings is 1. The molecule has 1 aliphatic carbocycles. The first-order chi connectivity index (χ1) is 12.7. The van der Waals surface area contributed by atoms with Gasteiger partial charge in [-0.2, -0.15) is 4.98 Å². The van der Waals surface area contributed by atoms with Gasteiger partial charge in [0, 0.05) is 29.9 Å². The largest absolute Gasteiger partial charge is 0.459 e. The van der Waals surface area contributed by atoms with Gasteiger partial charge < -0.3 is 20.4 Å². The Labute approximate surface area is 151 Å². The first-order valence-corrected chi connectivity index (χ1v) is 8.90. The molecule has 0 bridgehead atoms. The molecule has 1 aliphatic rings. The van der Waals surface area contributed by atoms with Gasteiger partial charge in [0.15, 0.2) is 11.4 Å². The van der Waals surface area contributed by atoms with Gasteiger partial charge in [0.1, 0.15) is 5.52 Å². The molecule has 3 aromatic rings. The molecule has 7 nitrogen and oxygen atoms in total. The molecule has 2 heterocycles. The molecule has 1 amide bonds. The maximum absolute atomic E-state index is 12.0. The second kappa shape index (κ2) is 7.03. The summed E-state index contributed by atoms with van der Waals surface area (Å²) in [5.74, 6) is 1.14. The SMILES string of the molecule is CCCNC(=O)c1ccc(Nc2nc(NC3CC3)c3occc3n2)cc1. The Hall–Kier alpha value is -3.09. The Morgan fingerprint density at radius 1 is 1.19 bits per heavy atom. The highest BCUT2D eigenvalue weighted by Gasteiger charge is 2.23. The molecule has 134 valence electrons. The van der Waals surface area contributed by atoms with Gasteiger partial charge in [0.25, 0.3) is 5.91 Å². The van der Waals surface area contributed by atoms with E-state index in [1.165, 1.54) is 0 Å². The molecule has 1 fully saturated rings. The molecule has 7 heteroatoms. The number of hydrogen-bond acceptors (Lipinski definition) is 6. The average molecular weight is 351 g/mol. The third kappa shape index (κ3) is 3.61. The second-order valence-corrected chi connectivity index (χ2v) is 6.41. The minimum atomic E-state index is -0.0645. The van der Waals surface area contributed by atoms with Crippen molar-refractivity contribution in [2.75, 3.05) is 17.2 Å². The number of anilines is 3. The van der Waals surface area contributed by atoms with E-state index in [2.05, 4.69) is 25.9 Å². The lowest BCUT2D eigenvalue weighted by atomic mass is 10.2. The van der Waals surface area contributed by atoms with Crippen LogP contribution in [0.25, 0.3) is 11.1 Å². The maximum atomic E-state index is 12.0. The Kier molecular flexibility index (Phi) is 4.43. The fourth-order valence-corrected chi connectivity index (χ4v) is 2.61. The Morgan fingerprint density at radius 3 is 2.73 bits per heavy atom. The number of furan rings is 1. The number of nitrogens with one attached hydrogen (secondary N) is 3. The van der Waals surface area contributed by atoms with Crippen molar-refractivity contribution < 1.29 is 9.21 Å². The van der Waals surface area contributed by atoms with Gasteiger partial charge in [-0.25, -0.2) is 4.98 Å². The molecule has 0 spiro atoms. The van der Waals surface area contributed by atoms with Crippen LogP contribution >= 0.6 is 0 Å². The van der Waals surface area contributed by atoms with Crippen molar-refractivity contribution in [3.05, 3.63) is 42.2 Å². The van der Waals surface area contributed by atoms with Gasteiger partial charge in [-0.15, -0.1) is 0 Å². The number of fused-ring (bicyclic) bond motifs is 1. The fourth-order valence-electron chi connectivity index (χ4n) is 2.61. The summed E-state index contributed by atoms with van der Waals surface area (Å²) in [6.07, 6.45) is 4.83. The molecule has 0 saturated heterocycles. The van der Waals surface area contributed by atoms with Gasteiger partial charge in [0.2, 0.25) is 5.95 Å². The van der Waals surface area contributed by atoms with Gasteiger partial charge in [0.05, 0.1) is 6.26 Å². The molecule has 0 atom stereocenters. The minimum absolute atomic E-state index is 0.0645. The van der Waals surface area contributed by atoms with Gasteiger partial charge >= 0.3 is 0 Å². The zero-order valence-electron chi connectivity index (χ0n) is 14.6. The van der Waals surface area contributed by atoms with Crippen molar-refractivity contribution in [1.29, 1.82) is 0 Å². The van der Waals surface area contributed by atoms with E-state index in [0.717, 1.165) is 30.5 Å². The van der Waals surface area contributed by atoms with Crippen molar-refractivity contribution in [2.24, 2.45) is 0 Å². The van der Waals surface area contributed by atoms with E-state index in [1.54, 1.807) is 18.4 Å². The van der Waals surface area contributed by atoms with Crippen molar-refractivity contribution >= 4 is 34.5 Å². The van der Waals surface area contributed by atoms with Crippen LogP contribution in [0, 0.1) is 0 Å². The lowest BCUT2D eigenvalue weighted by Crippen LogP contribution is -2.23. The number of rotatable bonds is 7.